The van der Waals surface area contributed by atoms with E-state index in [9.17, 15) is 0 Å². The third-order valence-corrected chi connectivity index (χ3v) is 3.68. The Hall–Kier alpha value is -1.84. The van der Waals surface area contributed by atoms with Gasteiger partial charge in [0.15, 0.2) is 0 Å². The van der Waals surface area contributed by atoms with Gasteiger partial charge in [0.1, 0.15) is 11.5 Å². The predicted molar refractivity (Wildman–Crippen MR) is 78.8 cm³/mol. The zero-order valence-electron chi connectivity index (χ0n) is 11.4. The van der Waals surface area contributed by atoms with Crippen LogP contribution in [-0.4, -0.2) is 13.2 Å². The molecule has 0 saturated carbocycles. The number of hydrogen-bond donors (Lipinski definition) is 1. The maximum absolute atomic E-state index is 5.86. The van der Waals surface area contributed by atoms with Crippen LogP contribution in [0.15, 0.2) is 54.6 Å². The largest absolute Gasteiger partial charge is 0.457 e. The molecule has 2 aromatic carbocycles. The summed E-state index contributed by atoms with van der Waals surface area (Å²) in [6.07, 6.45) is 1.13. The van der Waals surface area contributed by atoms with Crippen LogP contribution in [0.4, 0.5) is 0 Å². The lowest BCUT2D eigenvalue weighted by Gasteiger charge is -2.18. The maximum Gasteiger partial charge on any atom is 0.127 e. The summed E-state index contributed by atoms with van der Waals surface area (Å²) in [5.74, 6) is 2.08. The normalized spacial score (nSPS) is 21.9. The molecule has 1 saturated heterocycles. The van der Waals surface area contributed by atoms with Crippen molar-refractivity contribution >= 4 is 0 Å². The molecular weight excluding hydrogens is 250 g/mol. The highest BCUT2D eigenvalue weighted by molar-refractivity contribution is 5.35. The van der Waals surface area contributed by atoms with Gasteiger partial charge in [0, 0.05) is 12.5 Å². The molecule has 20 heavy (non-hydrogen) atoms. The van der Waals surface area contributed by atoms with Crippen molar-refractivity contribution in [1.29, 1.82) is 0 Å². The van der Waals surface area contributed by atoms with Gasteiger partial charge in [-0.15, -0.1) is 0 Å². The van der Waals surface area contributed by atoms with E-state index in [1.54, 1.807) is 0 Å². The third-order valence-electron chi connectivity index (χ3n) is 3.68. The fourth-order valence-corrected chi connectivity index (χ4v) is 2.62. The summed E-state index contributed by atoms with van der Waals surface area (Å²) in [4.78, 5) is 0. The van der Waals surface area contributed by atoms with Crippen molar-refractivity contribution in [2.45, 2.75) is 12.5 Å². The Bertz CT molecular complexity index is 556. The van der Waals surface area contributed by atoms with E-state index in [2.05, 4.69) is 6.07 Å². The number of nitrogens with two attached hydrogens (primary N) is 1. The van der Waals surface area contributed by atoms with Crippen LogP contribution in [0.2, 0.25) is 0 Å². The second-order valence-corrected chi connectivity index (χ2v) is 5.06. The van der Waals surface area contributed by atoms with Crippen LogP contribution in [-0.2, 0) is 4.74 Å². The molecule has 3 rings (SSSR count). The minimum absolute atomic E-state index is 0.0966. The van der Waals surface area contributed by atoms with E-state index in [1.807, 2.05) is 48.5 Å². The van der Waals surface area contributed by atoms with E-state index in [1.165, 1.54) is 0 Å². The zero-order valence-corrected chi connectivity index (χ0v) is 11.4. The molecule has 0 aromatic heterocycles. The van der Waals surface area contributed by atoms with Crippen LogP contribution >= 0.6 is 0 Å². The van der Waals surface area contributed by atoms with Gasteiger partial charge in [-0.05, 0) is 42.8 Å². The minimum Gasteiger partial charge on any atom is -0.457 e. The molecule has 104 valence electrons. The molecule has 2 atom stereocenters. The molecule has 2 aromatic rings. The van der Waals surface area contributed by atoms with E-state index >= 15 is 0 Å². The number of hydrogen-bond acceptors (Lipinski definition) is 3. The minimum atomic E-state index is 0.0966. The van der Waals surface area contributed by atoms with Gasteiger partial charge in [0.25, 0.3) is 0 Å². The van der Waals surface area contributed by atoms with E-state index in [4.69, 9.17) is 15.2 Å². The average Bonchev–Trinajstić information content (AvgIpc) is 2.97. The van der Waals surface area contributed by atoms with Gasteiger partial charge in [-0.25, -0.2) is 0 Å². The molecule has 1 heterocycles. The van der Waals surface area contributed by atoms with Crippen molar-refractivity contribution < 1.29 is 9.47 Å². The lowest BCUT2D eigenvalue weighted by atomic mass is 9.95. The average molecular weight is 269 g/mol. The molecule has 1 aliphatic rings. The molecule has 3 heteroatoms. The van der Waals surface area contributed by atoms with Crippen molar-refractivity contribution in [2.75, 3.05) is 13.2 Å². The number of benzene rings is 2. The summed E-state index contributed by atoms with van der Waals surface area (Å²) in [6, 6.07) is 17.9. The van der Waals surface area contributed by atoms with Crippen molar-refractivity contribution in [2.24, 2.45) is 11.7 Å². The molecule has 1 aliphatic heterocycles. The highest BCUT2D eigenvalue weighted by atomic mass is 16.5. The van der Waals surface area contributed by atoms with E-state index < -0.39 is 0 Å². The Balaban J connectivity index is 1.79. The maximum atomic E-state index is 5.86. The van der Waals surface area contributed by atoms with E-state index in [0.29, 0.717) is 12.5 Å². The molecule has 0 bridgehead atoms. The van der Waals surface area contributed by atoms with Crippen molar-refractivity contribution in [1.82, 2.24) is 0 Å². The summed E-state index contributed by atoms with van der Waals surface area (Å²) in [5.41, 5.74) is 6.96. The first-order valence-corrected chi connectivity index (χ1v) is 7.01. The Kier molecular flexibility index (Phi) is 4.00. The molecular formula is C17H19NO2. The van der Waals surface area contributed by atoms with Crippen LogP contribution in [0.5, 0.6) is 11.5 Å². The quantitative estimate of drug-likeness (QED) is 0.923. The molecule has 1 fully saturated rings. The summed E-state index contributed by atoms with van der Waals surface area (Å²) >= 11 is 0. The Morgan fingerprint density at radius 1 is 1.05 bits per heavy atom. The molecule has 2 unspecified atom stereocenters. The van der Waals surface area contributed by atoms with Crippen LogP contribution < -0.4 is 10.5 Å². The van der Waals surface area contributed by atoms with Gasteiger partial charge < -0.3 is 15.2 Å². The van der Waals surface area contributed by atoms with Crippen LogP contribution in [0.25, 0.3) is 0 Å². The van der Waals surface area contributed by atoms with Gasteiger partial charge in [-0.3, -0.25) is 0 Å². The highest BCUT2D eigenvalue weighted by Crippen LogP contribution is 2.35. The number of para-hydroxylation sites is 1. The van der Waals surface area contributed by atoms with Gasteiger partial charge in [-0.2, -0.15) is 0 Å². The fraction of sp³-hybridized carbons (Fsp3) is 0.294. The molecule has 0 amide bonds. The summed E-state index contributed by atoms with van der Waals surface area (Å²) in [6.45, 7) is 1.45. The topological polar surface area (TPSA) is 44.5 Å². The third kappa shape index (κ3) is 2.84. The van der Waals surface area contributed by atoms with Gasteiger partial charge >= 0.3 is 0 Å². The van der Waals surface area contributed by atoms with Crippen molar-refractivity contribution in [3.05, 3.63) is 60.2 Å². The summed E-state index contributed by atoms with van der Waals surface area (Å²) in [5, 5.41) is 0. The number of ether oxygens (including phenoxy) is 2. The van der Waals surface area contributed by atoms with Crippen molar-refractivity contribution in [3.8, 4) is 11.5 Å². The zero-order chi connectivity index (χ0) is 13.8. The predicted octanol–water partition coefficient (Wildman–Crippen LogP) is 3.52. The van der Waals surface area contributed by atoms with E-state index in [0.717, 1.165) is 30.1 Å². The smallest absolute Gasteiger partial charge is 0.127 e. The first kappa shape index (κ1) is 13.2. The molecule has 3 nitrogen and oxygen atoms in total. The Morgan fingerprint density at radius 2 is 1.85 bits per heavy atom. The lowest BCUT2D eigenvalue weighted by molar-refractivity contribution is 0.0923. The monoisotopic (exact) mass is 269 g/mol. The molecule has 2 N–H and O–H groups in total. The number of rotatable bonds is 4. The summed E-state index contributed by atoms with van der Waals surface area (Å²) in [7, 11) is 0. The van der Waals surface area contributed by atoms with Crippen molar-refractivity contribution in [3.63, 3.8) is 0 Å². The molecule has 0 radical (unpaired) electrons. The second kappa shape index (κ2) is 6.07. The lowest BCUT2D eigenvalue weighted by Crippen LogP contribution is -2.17. The van der Waals surface area contributed by atoms with Gasteiger partial charge in [0.05, 0.1) is 6.10 Å². The SMILES string of the molecule is NCC1CCOC1c1cccc(Oc2ccccc2)c1. The van der Waals surface area contributed by atoms with Crippen LogP contribution in [0.1, 0.15) is 18.1 Å². The second-order valence-electron chi connectivity index (χ2n) is 5.06. The molecule has 0 aliphatic carbocycles. The summed E-state index contributed by atoms with van der Waals surface area (Å²) < 4.78 is 11.7. The standard InChI is InChI=1S/C17H19NO2/c18-12-14-9-10-19-17(14)13-5-4-8-16(11-13)20-15-6-2-1-3-7-15/h1-8,11,14,17H,9-10,12,18H2. The van der Waals surface area contributed by atoms with Gasteiger partial charge in [-0.1, -0.05) is 30.3 Å². The van der Waals surface area contributed by atoms with Crippen LogP contribution in [0, 0.1) is 5.92 Å². The first-order valence-electron chi connectivity index (χ1n) is 7.01. The fourth-order valence-electron chi connectivity index (χ4n) is 2.62. The Labute approximate surface area is 119 Å². The highest BCUT2D eigenvalue weighted by Gasteiger charge is 2.28. The Morgan fingerprint density at radius 3 is 2.65 bits per heavy atom. The molecule has 0 spiro atoms. The van der Waals surface area contributed by atoms with Gasteiger partial charge in [0.2, 0.25) is 0 Å². The first-order chi connectivity index (χ1) is 9.86. The van der Waals surface area contributed by atoms with Crippen LogP contribution in [0.3, 0.4) is 0 Å². The van der Waals surface area contributed by atoms with E-state index in [-0.39, 0.29) is 6.10 Å².